The van der Waals surface area contributed by atoms with Crippen molar-refractivity contribution in [2.45, 2.75) is 38.5 Å². The number of carbonyl (C=O) groups excluding carboxylic acids is 1. The molecule has 0 unspecified atom stereocenters. The first-order valence-corrected chi connectivity index (χ1v) is 7.73. The van der Waals surface area contributed by atoms with Gasteiger partial charge >= 0.3 is 0 Å². The minimum atomic E-state index is 0.157. The number of halogens is 1. The Bertz CT molecular complexity index is 365. The van der Waals surface area contributed by atoms with E-state index >= 15 is 0 Å². The average Bonchev–Trinajstić information content (AvgIpc) is 2.41. The number of rotatable bonds is 9. The van der Waals surface area contributed by atoms with Crippen molar-refractivity contribution >= 4 is 21.8 Å². The summed E-state index contributed by atoms with van der Waals surface area (Å²) >= 11 is 3.41. The van der Waals surface area contributed by atoms with Crippen molar-refractivity contribution in [3.8, 4) is 0 Å². The summed E-state index contributed by atoms with van der Waals surface area (Å²) in [7, 11) is 0. The maximum absolute atomic E-state index is 11.6. The molecule has 4 heteroatoms. The molecule has 1 aromatic carbocycles. The van der Waals surface area contributed by atoms with Gasteiger partial charge in [0, 0.05) is 17.4 Å². The largest absolute Gasteiger partial charge is 0.356 e. The molecule has 0 aliphatic rings. The monoisotopic (exact) mass is 326 g/mol. The quantitative estimate of drug-likeness (QED) is 0.685. The molecule has 0 radical (unpaired) electrons. The molecule has 106 valence electrons. The Balaban J connectivity index is 2.05. The van der Waals surface area contributed by atoms with Crippen LogP contribution in [0.5, 0.6) is 0 Å². The summed E-state index contributed by atoms with van der Waals surface area (Å²) in [6, 6.07) is 8.19. The summed E-state index contributed by atoms with van der Waals surface area (Å²) in [6.07, 6.45) is 5.76. The van der Waals surface area contributed by atoms with Gasteiger partial charge in [-0.25, -0.2) is 0 Å². The zero-order valence-electron chi connectivity index (χ0n) is 11.3. The Morgan fingerprint density at radius 2 is 1.79 bits per heavy atom. The molecule has 0 saturated heterocycles. The van der Waals surface area contributed by atoms with E-state index in [4.69, 9.17) is 5.73 Å². The summed E-state index contributed by atoms with van der Waals surface area (Å²) in [6.45, 7) is 1.46. The van der Waals surface area contributed by atoms with Crippen LogP contribution in [0.25, 0.3) is 0 Å². The fourth-order valence-electron chi connectivity index (χ4n) is 1.87. The predicted octanol–water partition coefficient (Wildman–Crippen LogP) is 3.02. The number of unbranched alkanes of at least 4 members (excludes halogenated alkanes) is 3. The molecule has 19 heavy (non-hydrogen) atoms. The van der Waals surface area contributed by atoms with Crippen LogP contribution in [0.4, 0.5) is 0 Å². The van der Waals surface area contributed by atoms with Crippen LogP contribution in [0, 0.1) is 0 Å². The van der Waals surface area contributed by atoms with E-state index in [1.807, 2.05) is 12.1 Å². The fraction of sp³-hybridized carbons (Fsp3) is 0.533. The maximum atomic E-state index is 11.6. The molecular formula is C15H23BrN2O. The third-order valence-corrected chi connectivity index (χ3v) is 3.54. The van der Waals surface area contributed by atoms with Crippen molar-refractivity contribution in [2.24, 2.45) is 5.73 Å². The van der Waals surface area contributed by atoms with Gasteiger partial charge in [-0.3, -0.25) is 4.79 Å². The van der Waals surface area contributed by atoms with E-state index in [-0.39, 0.29) is 5.91 Å². The molecular weight excluding hydrogens is 304 g/mol. The summed E-state index contributed by atoms with van der Waals surface area (Å²) in [5.41, 5.74) is 6.66. The minimum absolute atomic E-state index is 0.157. The Morgan fingerprint density at radius 3 is 2.47 bits per heavy atom. The molecule has 0 aliphatic heterocycles. The molecule has 1 aromatic rings. The van der Waals surface area contributed by atoms with Crippen molar-refractivity contribution in [3.63, 3.8) is 0 Å². The number of hydrogen-bond donors (Lipinski definition) is 2. The highest BCUT2D eigenvalue weighted by atomic mass is 79.9. The lowest BCUT2D eigenvalue weighted by Gasteiger charge is -2.05. The van der Waals surface area contributed by atoms with Gasteiger partial charge in [-0.2, -0.15) is 0 Å². The number of nitrogens with two attached hydrogens (primary N) is 1. The van der Waals surface area contributed by atoms with Crippen LogP contribution >= 0.6 is 15.9 Å². The summed E-state index contributed by atoms with van der Waals surface area (Å²) in [4.78, 5) is 11.6. The molecule has 0 bridgehead atoms. The van der Waals surface area contributed by atoms with Crippen molar-refractivity contribution in [3.05, 3.63) is 34.3 Å². The van der Waals surface area contributed by atoms with E-state index in [0.29, 0.717) is 13.0 Å². The van der Waals surface area contributed by atoms with Gasteiger partial charge in [0.15, 0.2) is 0 Å². The van der Waals surface area contributed by atoms with Crippen molar-refractivity contribution in [1.82, 2.24) is 5.32 Å². The van der Waals surface area contributed by atoms with Crippen LogP contribution in [0.3, 0.4) is 0 Å². The SMILES string of the molecule is NCCCCCCC(=O)NCCc1ccc(Br)cc1. The van der Waals surface area contributed by atoms with Crippen molar-refractivity contribution in [1.29, 1.82) is 0 Å². The average molecular weight is 327 g/mol. The number of carbonyl (C=O) groups is 1. The Morgan fingerprint density at radius 1 is 1.11 bits per heavy atom. The van der Waals surface area contributed by atoms with Gasteiger partial charge in [0.1, 0.15) is 0 Å². The molecule has 0 saturated carbocycles. The van der Waals surface area contributed by atoms with Gasteiger partial charge in [0.25, 0.3) is 0 Å². The smallest absolute Gasteiger partial charge is 0.220 e. The lowest BCUT2D eigenvalue weighted by Crippen LogP contribution is -2.25. The Kier molecular flexibility index (Phi) is 8.50. The highest BCUT2D eigenvalue weighted by molar-refractivity contribution is 9.10. The molecule has 0 aromatic heterocycles. The fourth-order valence-corrected chi connectivity index (χ4v) is 2.13. The third-order valence-electron chi connectivity index (χ3n) is 3.01. The molecule has 0 fully saturated rings. The van der Waals surface area contributed by atoms with E-state index in [9.17, 15) is 4.79 Å². The summed E-state index contributed by atoms with van der Waals surface area (Å²) in [5.74, 6) is 0.157. The van der Waals surface area contributed by atoms with Gasteiger partial charge in [0.05, 0.1) is 0 Å². The zero-order valence-corrected chi connectivity index (χ0v) is 12.9. The second-order valence-corrected chi connectivity index (χ2v) is 5.59. The zero-order chi connectivity index (χ0) is 13.9. The topological polar surface area (TPSA) is 55.1 Å². The van der Waals surface area contributed by atoms with Gasteiger partial charge in [-0.1, -0.05) is 40.9 Å². The first-order chi connectivity index (χ1) is 9.22. The van der Waals surface area contributed by atoms with Crippen LogP contribution in [-0.2, 0) is 11.2 Å². The number of nitrogens with one attached hydrogen (secondary N) is 1. The molecule has 0 aliphatic carbocycles. The van der Waals surface area contributed by atoms with E-state index < -0.39 is 0 Å². The Labute approximate surface area is 124 Å². The van der Waals surface area contributed by atoms with E-state index in [1.54, 1.807) is 0 Å². The molecule has 1 amide bonds. The molecule has 0 spiro atoms. The highest BCUT2D eigenvalue weighted by Gasteiger charge is 2.00. The predicted molar refractivity (Wildman–Crippen MR) is 83.0 cm³/mol. The molecule has 0 atom stereocenters. The van der Waals surface area contributed by atoms with Crippen LogP contribution in [-0.4, -0.2) is 19.0 Å². The normalized spacial score (nSPS) is 10.4. The lowest BCUT2D eigenvalue weighted by molar-refractivity contribution is -0.121. The van der Waals surface area contributed by atoms with Gasteiger partial charge in [0.2, 0.25) is 5.91 Å². The standard InChI is InChI=1S/C15H23BrN2O/c16-14-8-6-13(7-9-14)10-12-18-15(19)5-3-1-2-4-11-17/h6-9H,1-5,10-12,17H2,(H,18,19). The van der Waals surface area contributed by atoms with Gasteiger partial charge < -0.3 is 11.1 Å². The first-order valence-electron chi connectivity index (χ1n) is 6.93. The van der Waals surface area contributed by atoms with Crippen molar-refractivity contribution < 1.29 is 4.79 Å². The van der Waals surface area contributed by atoms with E-state index in [2.05, 4.69) is 33.4 Å². The molecule has 0 heterocycles. The molecule has 3 nitrogen and oxygen atoms in total. The lowest BCUT2D eigenvalue weighted by atomic mass is 10.1. The van der Waals surface area contributed by atoms with Crippen LogP contribution in [0.15, 0.2) is 28.7 Å². The second kappa shape index (κ2) is 9.98. The van der Waals surface area contributed by atoms with Crippen LogP contribution < -0.4 is 11.1 Å². The van der Waals surface area contributed by atoms with Crippen LogP contribution in [0.2, 0.25) is 0 Å². The van der Waals surface area contributed by atoms with Crippen LogP contribution in [0.1, 0.15) is 37.7 Å². The van der Waals surface area contributed by atoms with Gasteiger partial charge in [-0.05, 0) is 43.5 Å². The Hall–Kier alpha value is -0.870. The minimum Gasteiger partial charge on any atom is -0.356 e. The van der Waals surface area contributed by atoms with Crippen molar-refractivity contribution in [2.75, 3.05) is 13.1 Å². The number of amides is 1. The highest BCUT2D eigenvalue weighted by Crippen LogP contribution is 2.10. The first kappa shape index (κ1) is 16.2. The molecule has 3 N–H and O–H groups in total. The maximum Gasteiger partial charge on any atom is 0.220 e. The van der Waals surface area contributed by atoms with E-state index in [0.717, 1.165) is 43.1 Å². The summed E-state index contributed by atoms with van der Waals surface area (Å²) in [5, 5.41) is 2.96. The van der Waals surface area contributed by atoms with Gasteiger partial charge in [-0.15, -0.1) is 0 Å². The summed E-state index contributed by atoms with van der Waals surface area (Å²) < 4.78 is 1.08. The third kappa shape index (κ3) is 8.01. The second-order valence-electron chi connectivity index (χ2n) is 4.68. The molecule has 1 rings (SSSR count). The van der Waals surface area contributed by atoms with E-state index in [1.165, 1.54) is 5.56 Å². The number of hydrogen-bond acceptors (Lipinski definition) is 2. The number of benzene rings is 1.